The highest BCUT2D eigenvalue weighted by Crippen LogP contribution is 2.25. The Hall–Kier alpha value is -2.15. The topological polar surface area (TPSA) is 81.6 Å². The van der Waals surface area contributed by atoms with Gasteiger partial charge in [-0.15, -0.1) is 10.2 Å². The van der Waals surface area contributed by atoms with E-state index in [2.05, 4.69) is 17.1 Å². The number of nitrogens with zero attached hydrogens (tertiary/aromatic N) is 3. The van der Waals surface area contributed by atoms with E-state index in [1.165, 1.54) is 0 Å². The van der Waals surface area contributed by atoms with Crippen molar-refractivity contribution in [1.82, 2.24) is 15.1 Å². The number of hydrogen-bond donors (Lipinski definition) is 0. The van der Waals surface area contributed by atoms with E-state index in [0.717, 1.165) is 49.5 Å². The number of aromatic nitrogens is 2. The first kappa shape index (κ1) is 18.6. The third-order valence-electron chi connectivity index (χ3n) is 4.59. The summed E-state index contributed by atoms with van der Waals surface area (Å²) < 4.78 is 16.9. The van der Waals surface area contributed by atoms with Gasteiger partial charge in [-0.25, -0.2) is 0 Å². The van der Waals surface area contributed by atoms with Gasteiger partial charge >= 0.3 is 0 Å². The van der Waals surface area contributed by atoms with Crippen LogP contribution >= 0.6 is 0 Å². The third kappa shape index (κ3) is 4.52. The van der Waals surface area contributed by atoms with Crippen LogP contribution in [0.4, 0.5) is 0 Å². The van der Waals surface area contributed by atoms with E-state index in [9.17, 15) is 4.79 Å². The molecule has 0 aliphatic carbocycles. The van der Waals surface area contributed by atoms with Crippen molar-refractivity contribution < 1.29 is 18.4 Å². The summed E-state index contributed by atoms with van der Waals surface area (Å²) in [6.45, 7) is 8.05. The highest BCUT2D eigenvalue weighted by atomic mass is 16.5. The lowest BCUT2D eigenvalue weighted by Crippen LogP contribution is -2.38. The normalized spacial score (nSPS) is 17.0. The van der Waals surface area contributed by atoms with Crippen LogP contribution < -0.4 is 0 Å². The zero-order chi connectivity index (χ0) is 18.5. The Labute approximate surface area is 153 Å². The monoisotopic (exact) mass is 361 g/mol. The lowest BCUT2D eigenvalue weighted by atomic mass is 10.2. The molecule has 0 aromatic carbocycles. The van der Waals surface area contributed by atoms with E-state index in [1.807, 2.05) is 24.8 Å². The van der Waals surface area contributed by atoms with Gasteiger partial charge in [0.25, 0.3) is 5.89 Å². The maximum atomic E-state index is 12.6. The maximum Gasteiger partial charge on any atom is 0.251 e. The second kappa shape index (κ2) is 8.49. The molecule has 7 nitrogen and oxygen atoms in total. The van der Waals surface area contributed by atoms with E-state index in [1.54, 1.807) is 0 Å². The van der Waals surface area contributed by atoms with Crippen LogP contribution in [0.1, 0.15) is 50.0 Å². The number of ether oxygens (including phenoxy) is 1. The third-order valence-corrected chi connectivity index (χ3v) is 4.59. The highest BCUT2D eigenvalue weighted by molar-refractivity contribution is 5.76. The summed E-state index contributed by atoms with van der Waals surface area (Å²) in [7, 11) is 0. The molecule has 1 amide bonds. The summed E-state index contributed by atoms with van der Waals surface area (Å²) in [5.41, 5.74) is 0.804. The molecule has 2 aromatic rings. The van der Waals surface area contributed by atoms with Crippen LogP contribution in [0.3, 0.4) is 0 Å². The summed E-state index contributed by atoms with van der Waals surface area (Å²) in [4.78, 5) is 14.5. The van der Waals surface area contributed by atoms with Gasteiger partial charge in [-0.3, -0.25) is 4.79 Å². The molecule has 3 rings (SSSR count). The van der Waals surface area contributed by atoms with E-state index in [0.29, 0.717) is 31.2 Å². The number of rotatable bonds is 8. The Bertz CT molecular complexity index is 731. The zero-order valence-electron chi connectivity index (χ0n) is 15.8. The van der Waals surface area contributed by atoms with E-state index >= 15 is 0 Å². The average molecular weight is 361 g/mol. The molecule has 0 bridgehead atoms. The Balaban J connectivity index is 1.57. The van der Waals surface area contributed by atoms with Crippen molar-refractivity contribution in [1.29, 1.82) is 0 Å². The molecule has 3 heterocycles. The predicted molar refractivity (Wildman–Crippen MR) is 95.6 cm³/mol. The van der Waals surface area contributed by atoms with Gasteiger partial charge in [0.2, 0.25) is 11.8 Å². The molecule has 1 aliphatic rings. The quantitative estimate of drug-likeness (QED) is 0.717. The molecular formula is C19H27N3O4. The van der Waals surface area contributed by atoms with Crippen LogP contribution in [-0.2, 0) is 16.0 Å². The summed E-state index contributed by atoms with van der Waals surface area (Å²) >= 11 is 0. The number of carbonyl (C=O) groups is 1. The lowest BCUT2D eigenvalue weighted by molar-refractivity contribution is -0.132. The Morgan fingerprint density at radius 1 is 1.31 bits per heavy atom. The summed E-state index contributed by atoms with van der Waals surface area (Å²) in [5, 5.41) is 8.15. The average Bonchev–Trinajstić information content (AvgIpc) is 3.34. The molecular weight excluding hydrogens is 334 g/mol. The van der Waals surface area contributed by atoms with Crippen molar-refractivity contribution >= 4 is 5.91 Å². The van der Waals surface area contributed by atoms with Gasteiger partial charge < -0.3 is 18.5 Å². The van der Waals surface area contributed by atoms with E-state index < -0.39 is 0 Å². The van der Waals surface area contributed by atoms with Crippen LogP contribution in [0.25, 0.3) is 11.5 Å². The predicted octanol–water partition coefficient (Wildman–Crippen LogP) is 3.30. The molecule has 2 aromatic heterocycles. The van der Waals surface area contributed by atoms with Gasteiger partial charge in [0.1, 0.15) is 11.5 Å². The molecule has 0 saturated carbocycles. The largest absolute Gasteiger partial charge is 0.466 e. The Kier molecular flexibility index (Phi) is 6.08. The number of carbonyl (C=O) groups excluding carboxylic acids is 1. The van der Waals surface area contributed by atoms with Gasteiger partial charge in [-0.05, 0) is 39.2 Å². The molecule has 1 unspecified atom stereocenters. The first-order chi connectivity index (χ1) is 12.6. The smallest absolute Gasteiger partial charge is 0.251 e. The first-order valence-corrected chi connectivity index (χ1v) is 9.36. The highest BCUT2D eigenvalue weighted by Gasteiger charge is 2.22. The lowest BCUT2D eigenvalue weighted by Gasteiger charge is -2.25. The molecule has 1 saturated heterocycles. The standard InChI is InChI=1S/C19H27N3O4/c1-4-9-22(12-15-6-5-10-24-15)18(23)8-7-17-20-21-19(26-17)16-11-13(2)25-14(16)3/h11,15H,4-10,12H2,1-3H3. The molecule has 0 radical (unpaired) electrons. The van der Waals surface area contributed by atoms with E-state index in [4.69, 9.17) is 13.6 Å². The van der Waals surface area contributed by atoms with Crippen LogP contribution in [0.5, 0.6) is 0 Å². The molecule has 1 atom stereocenters. The van der Waals surface area contributed by atoms with Crippen molar-refractivity contribution in [2.24, 2.45) is 0 Å². The van der Waals surface area contributed by atoms with Crippen LogP contribution in [0, 0.1) is 13.8 Å². The second-order valence-corrected chi connectivity index (χ2v) is 6.80. The van der Waals surface area contributed by atoms with E-state index in [-0.39, 0.29) is 12.0 Å². The summed E-state index contributed by atoms with van der Waals surface area (Å²) in [6, 6.07) is 1.88. The van der Waals surface area contributed by atoms with Crippen LogP contribution in [-0.4, -0.2) is 46.8 Å². The van der Waals surface area contributed by atoms with Gasteiger partial charge in [0.05, 0.1) is 11.7 Å². The second-order valence-electron chi connectivity index (χ2n) is 6.80. The fourth-order valence-corrected chi connectivity index (χ4v) is 3.30. The number of aryl methyl sites for hydroxylation is 3. The van der Waals surface area contributed by atoms with Gasteiger partial charge in [-0.2, -0.15) is 0 Å². The van der Waals surface area contributed by atoms with Crippen molar-refractivity contribution in [3.05, 3.63) is 23.5 Å². The van der Waals surface area contributed by atoms with Gasteiger partial charge in [-0.1, -0.05) is 6.92 Å². The molecule has 0 spiro atoms. The Morgan fingerprint density at radius 2 is 2.15 bits per heavy atom. The maximum absolute atomic E-state index is 12.6. The summed E-state index contributed by atoms with van der Waals surface area (Å²) in [5.74, 6) is 2.57. The fourth-order valence-electron chi connectivity index (χ4n) is 3.30. The van der Waals surface area contributed by atoms with Gasteiger partial charge in [0.15, 0.2) is 0 Å². The molecule has 1 aliphatic heterocycles. The van der Waals surface area contributed by atoms with Crippen LogP contribution in [0.2, 0.25) is 0 Å². The first-order valence-electron chi connectivity index (χ1n) is 9.36. The molecule has 0 N–H and O–H groups in total. The molecule has 142 valence electrons. The SMILES string of the molecule is CCCN(CC1CCCO1)C(=O)CCc1nnc(-c2cc(C)oc2C)o1. The van der Waals surface area contributed by atoms with Gasteiger partial charge in [0, 0.05) is 32.5 Å². The zero-order valence-corrected chi connectivity index (χ0v) is 15.8. The van der Waals surface area contributed by atoms with Crippen molar-refractivity contribution in [2.45, 2.75) is 59.0 Å². The molecule has 1 fully saturated rings. The number of hydrogen-bond acceptors (Lipinski definition) is 6. The van der Waals surface area contributed by atoms with Crippen molar-refractivity contribution in [3.8, 4) is 11.5 Å². The fraction of sp³-hybridized carbons (Fsp3) is 0.632. The van der Waals surface area contributed by atoms with Crippen molar-refractivity contribution in [3.63, 3.8) is 0 Å². The van der Waals surface area contributed by atoms with Crippen LogP contribution in [0.15, 0.2) is 14.9 Å². The van der Waals surface area contributed by atoms with Crippen molar-refractivity contribution in [2.75, 3.05) is 19.7 Å². The number of furan rings is 1. The minimum atomic E-state index is 0.109. The molecule has 26 heavy (non-hydrogen) atoms. The summed E-state index contributed by atoms with van der Waals surface area (Å²) in [6.07, 6.45) is 4.02. The Morgan fingerprint density at radius 3 is 2.81 bits per heavy atom. The minimum absolute atomic E-state index is 0.109. The number of amides is 1. The minimum Gasteiger partial charge on any atom is -0.466 e. The molecule has 7 heteroatoms.